The van der Waals surface area contributed by atoms with Gasteiger partial charge in [0.2, 0.25) is 5.91 Å². The number of benzene rings is 1. The van der Waals surface area contributed by atoms with Gasteiger partial charge >= 0.3 is 5.97 Å². The lowest BCUT2D eigenvalue weighted by atomic mass is 10.1. The first-order valence-corrected chi connectivity index (χ1v) is 8.49. The minimum absolute atomic E-state index is 0.173. The van der Waals surface area contributed by atoms with E-state index in [0.717, 1.165) is 12.0 Å². The molecule has 2 heterocycles. The summed E-state index contributed by atoms with van der Waals surface area (Å²) in [5.41, 5.74) is 1.10. The number of aliphatic carboxylic acids is 1. The van der Waals surface area contributed by atoms with E-state index in [4.69, 9.17) is 11.6 Å². The zero-order valence-electron chi connectivity index (χ0n) is 13.9. The molecule has 1 aliphatic heterocycles. The molecule has 1 amide bonds. The molecule has 0 bridgehead atoms. The van der Waals surface area contributed by atoms with Crippen molar-refractivity contribution in [1.29, 1.82) is 0 Å². The van der Waals surface area contributed by atoms with Crippen LogP contribution in [0.1, 0.15) is 30.1 Å². The lowest BCUT2D eigenvalue weighted by molar-refractivity contribution is -0.152. The van der Waals surface area contributed by atoms with Crippen LogP contribution in [0.15, 0.2) is 24.3 Å². The number of hydrogen-bond acceptors (Lipinski definition) is 4. The molecular weight excluding hydrogens is 344 g/mol. The van der Waals surface area contributed by atoms with Crippen molar-refractivity contribution in [1.82, 2.24) is 19.7 Å². The zero-order chi connectivity index (χ0) is 18.0. The van der Waals surface area contributed by atoms with Crippen molar-refractivity contribution in [2.45, 2.75) is 45.3 Å². The van der Waals surface area contributed by atoms with Gasteiger partial charge in [-0.3, -0.25) is 4.79 Å². The summed E-state index contributed by atoms with van der Waals surface area (Å²) in [5.74, 6) is 0.107. The van der Waals surface area contributed by atoms with Gasteiger partial charge in [-0.2, -0.15) is 0 Å². The molecule has 0 aliphatic carbocycles. The Morgan fingerprint density at radius 2 is 2.00 bits per heavy atom. The molecule has 25 heavy (non-hydrogen) atoms. The maximum Gasteiger partial charge on any atom is 0.328 e. The van der Waals surface area contributed by atoms with Crippen LogP contribution in [0.5, 0.6) is 0 Å². The zero-order valence-corrected chi connectivity index (χ0v) is 14.6. The van der Waals surface area contributed by atoms with Crippen LogP contribution in [0, 0.1) is 6.92 Å². The number of amides is 1. The number of hydrogen-bond donors (Lipinski definition) is 1. The Bertz CT molecular complexity index is 788. The molecule has 132 valence electrons. The monoisotopic (exact) mass is 362 g/mol. The molecular formula is C17H19ClN4O3. The molecule has 1 aromatic heterocycles. The molecule has 3 rings (SSSR count). The molecule has 1 N–H and O–H groups in total. The Balaban J connectivity index is 1.63. The minimum Gasteiger partial charge on any atom is -0.480 e. The average Bonchev–Trinajstić information content (AvgIpc) is 2.96. The van der Waals surface area contributed by atoms with Crippen LogP contribution in [0.4, 0.5) is 0 Å². The van der Waals surface area contributed by atoms with E-state index in [9.17, 15) is 14.7 Å². The SMILES string of the molecule is Cc1nnc2n1CC(C(=O)O)N(C(=O)CCCc1ccc(Cl)cc1)C2. The van der Waals surface area contributed by atoms with E-state index < -0.39 is 12.0 Å². The summed E-state index contributed by atoms with van der Waals surface area (Å²) in [6.45, 7) is 2.14. The predicted molar refractivity (Wildman–Crippen MR) is 91.1 cm³/mol. The smallest absolute Gasteiger partial charge is 0.328 e. The molecule has 0 fully saturated rings. The van der Waals surface area contributed by atoms with Crippen molar-refractivity contribution < 1.29 is 14.7 Å². The van der Waals surface area contributed by atoms with E-state index in [0.29, 0.717) is 29.5 Å². The number of halogens is 1. The van der Waals surface area contributed by atoms with Crippen molar-refractivity contribution in [3.8, 4) is 0 Å². The van der Waals surface area contributed by atoms with Gasteiger partial charge in [-0.15, -0.1) is 10.2 Å². The van der Waals surface area contributed by atoms with E-state index in [1.807, 2.05) is 24.3 Å². The van der Waals surface area contributed by atoms with Crippen LogP contribution < -0.4 is 0 Å². The van der Waals surface area contributed by atoms with Crippen LogP contribution in [0.2, 0.25) is 5.02 Å². The summed E-state index contributed by atoms with van der Waals surface area (Å²) in [7, 11) is 0. The van der Waals surface area contributed by atoms with Gasteiger partial charge < -0.3 is 14.6 Å². The number of carbonyl (C=O) groups excluding carboxylic acids is 1. The second kappa shape index (κ2) is 7.23. The van der Waals surface area contributed by atoms with Gasteiger partial charge in [-0.05, 0) is 37.5 Å². The van der Waals surface area contributed by atoms with Crippen LogP contribution in [-0.2, 0) is 29.1 Å². The van der Waals surface area contributed by atoms with Gasteiger partial charge in [0.15, 0.2) is 5.82 Å². The summed E-state index contributed by atoms with van der Waals surface area (Å²) >= 11 is 5.86. The Morgan fingerprint density at radius 1 is 1.28 bits per heavy atom. The fourth-order valence-electron chi connectivity index (χ4n) is 3.03. The Kier molecular flexibility index (Phi) is 5.03. The highest BCUT2D eigenvalue weighted by Gasteiger charge is 2.35. The van der Waals surface area contributed by atoms with Crippen molar-refractivity contribution >= 4 is 23.5 Å². The van der Waals surface area contributed by atoms with Gasteiger partial charge in [-0.1, -0.05) is 23.7 Å². The summed E-state index contributed by atoms with van der Waals surface area (Å²) in [5, 5.41) is 18.2. The highest BCUT2D eigenvalue weighted by molar-refractivity contribution is 6.30. The Morgan fingerprint density at radius 3 is 2.68 bits per heavy atom. The molecule has 7 nitrogen and oxygen atoms in total. The topological polar surface area (TPSA) is 88.3 Å². The maximum atomic E-state index is 12.6. The first-order chi connectivity index (χ1) is 12.0. The van der Waals surface area contributed by atoms with Gasteiger partial charge in [0.05, 0.1) is 13.1 Å². The van der Waals surface area contributed by atoms with Gasteiger partial charge in [0.1, 0.15) is 11.9 Å². The molecule has 0 spiro atoms. The number of nitrogens with zero attached hydrogens (tertiary/aromatic N) is 4. The molecule has 1 atom stereocenters. The number of carboxylic acid groups (broad SMARTS) is 1. The van der Waals surface area contributed by atoms with Gasteiger partial charge in [0.25, 0.3) is 0 Å². The quantitative estimate of drug-likeness (QED) is 0.879. The Labute approximate surface area is 150 Å². The lowest BCUT2D eigenvalue weighted by Gasteiger charge is -2.33. The summed E-state index contributed by atoms with van der Waals surface area (Å²) < 4.78 is 1.76. The third-order valence-electron chi connectivity index (χ3n) is 4.43. The van der Waals surface area contributed by atoms with Crippen LogP contribution >= 0.6 is 11.6 Å². The molecule has 1 aliphatic rings. The van der Waals surface area contributed by atoms with E-state index in [-0.39, 0.29) is 19.0 Å². The number of aryl methyl sites for hydroxylation is 2. The van der Waals surface area contributed by atoms with Crippen LogP contribution in [-0.4, -0.2) is 42.7 Å². The third-order valence-corrected chi connectivity index (χ3v) is 4.68. The molecule has 8 heteroatoms. The van der Waals surface area contributed by atoms with Crippen molar-refractivity contribution in [2.24, 2.45) is 0 Å². The van der Waals surface area contributed by atoms with E-state index >= 15 is 0 Å². The van der Waals surface area contributed by atoms with Crippen molar-refractivity contribution in [2.75, 3.05) is 0 Å². The largest absolute Gasteiger partial charge is 0.480 e. The second-order valence-electron chi connectivity index (χ2n) is 6.13. The van der Waals surface area contributed by atoms with Gasteiger partial charge in [-0.25, -0.2) is 4.79 Å². The summed E-state index contributed by atoms with van der Waals surface area (Å²) in [6.07, 6.45) is 1.68. The second-order valence-corrected chi connectivity index (χ2v) is 6.57. The summed E-state index contributed by atoms with van der Waals surface area (Å²) in [6, 6.07) is 6.61. The summed E-state index contributed by atoms with van der Waals surface area (Å²) in [4.78, 5) is 25.5. The highest BCUT2D eigenvalue weighted by atomic mass is 35.5. The molecule has 0 saturated carbocycles. The number of carbonyl (C=O) groups is 2. The highest BCUT2D eigenvalue weighted by Crippen LogP contribution is 2.20. The van der Waals surface area contributed by atoms with Crippen molar-refractivity contribution in [3.63, 3.8) is 0 Å². The molecule has 0 saturated heterocycles. The third kappa shape index (κ3) is 3.82. The first-order valence-electron chi connectivity index (χ1n) is 8.11. The molecule has 0 radical (unpaired) electrons. The standard InChI is InChI=1S/C17H19ClN4O3/c1-11-19-20-15-10-22(14(17(24)25)9-21(11)15)16(23)4-2-3-12-5-7-13(18)8-6-12/h5-8,14H,2-4,9-10H2,1H3,(H,24,25). The van der Waals surface area contributed by atoms with Crippen LogP contribution in [0.25, 0.3) is 0 Å². The fraction of sp³-hybridized carbons (Fsp3) is 0.412. The van der Waals surface area contributed by atoms with E-state index in [1.165, 1.54) is 4.90 Å². The lowest BCUT2D eigenvalue weighted by Crippen LogP contribution is -2.50. The van der Waals surface area contributed by atoms with E-state index in [1.54, 1.807) is 11.5 Å². The number of aromatic nitrogens is 3. The predicted octanol–water partition coefficient (Wildman–Crippen LogP) is 2.06. The average molecular weight is 363 g/mol. The normalized spacial score (nSPS) is 16.6. The molecule has 1 unspecified atom stereocenters. The molecule has 1 aromatic carbocycles. The van der Waals surface area contributed by atoms with Gasteiger partial charge in [0, 0.05) is 11.4 Å². The first kappa shape index (κ1) is 17.4. The number of rotatable bonds is 5. The minimum atomic E-state index is -1.01. The number of carboxylic acids is 1. The van der Waals surface area contributed by atoms with Crippen LogP contribution in [0.3, 0.4) is 0 Å². The Hall–Kier alpha value is -2.41. The number of fused-ring (bicyclic) bond motifs is 1. The maximum absolute atomic E-state index is 12.6. The van der Waals surface area contributed by atoms with E-state index in [2.05, 4.69) is 10.2 Å². The molecule has 2 aromatic rings. The van der Waals surface area contributed by atoms with Crippen molar-refractivity contribution in [3.05, 3.63) is 46.5 Å². The fourth-order valence-corrected chi connectivity index (χ4v) is 3.15.